The Morgan fingerprint density at radius 2 is 2.06 bits per heavy atom. The molecule has 0 aliphatic heterocycles. The number of nitrogens with zero attached hydrogens (tertiary/aromatic N) is 3. The molecule has 4 heteroatoms. The van der Waals surface area contributed by atoms with Crippen LogP contribution in [0, 0.1) is 0 Å². The molecule has 2 saturated carbocycles. The fourth-order valence-electron chi connectivity index (χ4n) is 2.30. The predicted molar refractivity (Wildman–Crippen MR) is 62.8 cm³/mol. The Morgan fingerprint density at radius 1 is 1.25 bits per heavy atom. The average molecular weight is 234 g/mol. The number of aromatic nitrogens is 3. The van der Waals surface area contributed by atoms with E-state index in [2.05, 4.69) is 9.55 Å². The number of imidazole rings is 1. The van der Waals surface area contributed by atoms with E-state index in [0.29, 0.717) is 17.0 Å². The maximum absolute atomic E-state index is 5.96. The average Bonchev–Trinajstić information content (AvgIpc) is 3.14. The first-order valence-corrected chi connectivity index (χ1v) is 6.24. The van der Waals surface area contributed by atoms with Crippen molar-refractivity contribution in [3.05, 3.63) is 23.1 Å². The highest BCUT2D eigenvalue weighted by Crippen LogP contribution is 2.46. The SMILES string of the molecule is Clc1cnc2c(c1)nc(C1CC1)n2C1CC1. The Hall–Kier alpha value is -1.09. The van der Waals surface area contributed by atoms with E-state index in [0.717, 1.165) is 11.2 Å². The van der Waals surface area contributed by atoms with E-state index in [1.165, 1.54) is 31.5 Å². The summed E-state index contributed by atoms with van der Waals surface area (Å²) in [6.07, 6.45) is 6.83. The van der Waals surface area contributed by atoms with Gasteiger partial charge in [0.05, 0.1) is 5.02 Å². The fourth-order valence-corrected chi connectivity index (χ4v) is 2.45. The molecular weight excluding hydrogens is 222 g/mol. The summed E-state index contributed by atoms with van der Waals surface area (Å²) in [6.45, 7) is 0. The largest absolute Gasteiger partial charge is 0.309 e. The third-order valence-corrected chi connectivity index (χ3v) is 3.59. The zero-order chi connectivity index (χ0) is 10.7. The summed E-state index contributed by atoms with van der Waals surface area (Å²) in [4.78, 5) is 9.15. The molecule has 0 spiro atoms. The molecule has 4 rings (SSSR count). The van der Waals surface area contributed by atoms with Gasteiger partial charge in [-0.1, -0.05) is 11.6 Å². The summed E-state index contributed by atoms with van der Waals surface area (Å²) in [5.74, 6) is 1.92. The molecule has 2 heterocycles. The molecule has 0 aromatic carbocycles. The molecule has 0 radical (unpaired) electrons. The molecule has 2 aliphatic rings. The number of hydrogen-bond donors (Lipinski definition) is 0. The van der Waals surface area contributed by atoms with Crippen LogP contribution in [0.5, 0.6) is 0 Å². The Balaban J connectivity index is 2.00. The lowest BCUT2D eigenvalue weighted by Crippen LogP contribution is -2.00. The molecule has 0 bridgehead atoms. The molecule has 0 atom stereocenters. The summed E-state index contributed by atoms with van der Waals surface area (Å²) in [6, 6.07) is 2.57. The minimum atomic E-state index is 0.647. The lowest BCUT2D eigenvalue weighted by Gasteiger charge is -2.04. The normalized spacial score (nSPS) is 20.6. The third-order valence-electron chi connectivity index (χ3n) is 3.38. The topological polar surface area (TPSA) is 30.7 Å². The second kappa shape index (κ2) is 2.98. The number of rotatable bonds is 2. The van der Waals surface area contributed by atoms with Gasteiger partial charge in [0.1, 0.15) is 11.3 Å². The first-order chi connectivity index (χ1) is 7.83. The fraction of sp³-hybridized carbons (Fsp3) is 0.500. The Morgan fingerprint density at radius 3 is 2.75 bits per heavy atom. The van der Waals surface area contributed by atoms with E-state index in [-0.39, 0.29) is 0 Å². The van der Waals surface area contributed by atoms with E-state index in [1.54, 1.807) is 6.20 Å². The van der Waals surface area contributed by atoms with Crippen molar-refractivity contribution >= 4 is 22.8 Å². The lowest BCUT2D eigenvalue weighted by atomic mass is 10.4. The van der Waals surface area contributed by atoms with Crippen molar-refractivity contribution in [3.8, 4) is 0 Å². The van der Waals surface area contributed by atoms with Crippen molar-refractivity contribution in [3.63, 3.8) is 0 Å². The standard InChI is InChI=1S/C12H12ClN3/c13-8-5-10-12(14-6-8)16(9-3-4-9)11(15-10)7-1-2-7/h5-7,9H,1-4H2. The smallest absolute Gasteiger partial charge is 0.160 e. The molecule has 16 heavy (non-hydrogen) atoms. The highest BCUT2D eigenvalue weighted by atomic mass is 35.5. The van der Waals surface area contributed by atoms with Crippen molar-refractivity contribution in [1.82, 2.24) is 14.5 Å². The summed E-state index contributed by atoms with van der Waals surface area (Å²) in [7, 11) is 0. The summed E-state index contributed by atoms with van der Waals surface area (Å²) in [5.41, 5.74) is 1.98. The van der Waals surface area contributed by atoms with E-state index in [9.17, 15) is 0 Å². The molecular formula is C12H12ClN3. The highest BCUT2D eigenvalue weighted by molar-refractivity contribution is 6.31. The van der Waals surface area contributed by atoms with E-state index in [4.69, 9.17) is 16.6 Å². The Kier molecular flexibility index (Phi) is 1.67. The molecule has 2 aromatic rings. The Labute approximate surface area is 98.5 Å². The first-order valence-electron chi connectivity index (χ1n) is 5.86. The van der Waals surface area contributed by atoms with E-state index in [1.807, 2.05) is 6.07 Å². The first kappa shape index (κ1) is 8.99. The molecule has 0 N–H and O–H groups in total. The molecule has 0 amide bonds. The van der Waals surface area contributed by atoms with E-state index < -0.39 is 0 Å². The van der Waals surface area contributed by atoms with Crippen molar-refractivity contribution in [1.29, 1.82) is 0 Å². The van der Waals surface area contributed by atoms with Crippen molar-refractivity contribution < 1.29 is 0 Å². The van der Waals surface area contributed by atoms with Crippen LogP contribution in [0.1, 0.15) is 43.5 Å². The van der Waals surface area contributed by atoms with Crippen LogP contribution >= 0.6 is 11.6 Å². The van der Waals surface area contributed by atoms with Gasteiger partial charge >= 0.3 is 0 Å². The molecule has 3 nitrogen and oxygen atoms in total. The lowest BCUT2D eigenvalue weighted by molar-refractivity contribution is 0.697. The van der Waals surface area contributed by atoms with Gasteiger partial charge in [0.15, 0.2) is 5.65 Å². The Bertz CT molecular complexity index is 567. The zero-order valence-electron chi connectivity index (χ0n) is 8.86. The van der Waals surface area contributed by atoms with Gasteiger partial charge in [-0.25, -0.2) is 9.97 Å². The van der Waals surface area contributed by atoms with Crippen LogP contribution < -0.4 is 0 Å². The maximum Gasteiger partial charge on any atom is 0.160 e. The van der Waals surface area contributed by atoms with Crippen LogP contribution in [0.25, 0.3) is 11.2 Å². The van der Waals surface area contributed by atoms with Crippen LogP contribution in [-0.2, 0) is 0 Å². The van der Waals surface area contributed by atoms with Gasteiger partial charge in [-0.2, -0.15) is 0 Å². The zero-order valence-corrected chi connectivity index (χ0v) is 9.61. The van der Waals surface area contributed by atoms with Gasteiger partial charge in [0.25, 0.3) is 0 Å². The van der Waals surface area contributed by atoms with Gasteiger partial charge in [-0.15, -0.1) is 0 Å². The second-order valence-electron chi connectivity index (χ2n) is 4.84. The van der Waals surface area contributed by atoms with Crippen molar-refractivity contribution in [2.45, 2.75) is 37.6 Å². The van der Waals surface area contributed by atoms with Crippen LogP contribution in [0.3, 0.4) is 0 Å². The van der Waals surface area contributed by atoms with Crippen LogP contribution in [0.15, 0.2) is 12.3 Å². The second-order valence-corrected chi connectivity index (χ2v) is 5.28. The van der Waals surface area contributed by atoms with Gasteiger partial charge in [-0.05, 0) is 31.7 Å². The van der Waals surface area contributed by atoms with E-state index >= 15 is 0 Å². The van der Waals surface area contributed by atoms with Gasteiger partial charge < -0.3 is 4.57 Å². The van der Waals surface area contributed by atoms with Crippen molar-refractivity contribution in [2.24, 2.45) is 0 Å². The molecule has 0 saturated heterocycles. The highest BCUT2D eigenvalue weighted by Gasteiger charge is 2.35. The number of fused-ring (bicyclic) bond motifs is 1. The summed E-state index contributed by atoms with van der Waals surface area (Å²) in [5, 5.41) is 0.676. The molecule has 2 aromatic heterocycles. The molecule has 0 unspecified atom stereocenters. The number of hydrogen-bond acceptors (Lipinski definition) is 2. The van der Waals surface area contributed by atoms with Gasteiger partial charge in [0.2, 0.25) is 0 Å². The van der Waals surface area contributed by atoms with Crippen LogP contribution in [0.4, 0.5) is 0 Å². The number of pyridine rings is 1. The summed E-state index contributed by atoms with van der Waals surface area (Å²) >= 11 is 5.96. The minimum Gasteiger partial charge on any atom is -0.309 e. The van der Waals surface area contributed by atoms with Crippen LogP contribution in [-0.4, -0.2) is 14.5 Å². The molecule has 2 aliphatic carbocycles. The summed E-state index contributed by atoms with van der Waals surface area (Å²) < 4.78 is 2.35. The van der Waals surface area contributed by atoms with Crippen molar-refractivity contribution in [2.75, 3.05) is 0 Å². The van der Waals surface area contributed by atoms with Gasteiger partial charge in [0, 0.05) is 18.2 Å². The molecule has 2 fully saturated rings. The number of halogens is 1. The monoisotopic (exact) mass is 233 g/mol. The van der Waals surface area contributed by atoms with Crippen LogP contribution in [0.2, 0.25) is 5.02 Å². The minimum absolute atomic E-state index is 0.647. The third kappa shape index (κ3) is 1.27. The quantitative estimate of drug-likeness (QED) is 0.797. The maximum atomic E-state index is 5.96. The van der Waals surface area contributed by atoms with Gasteiger partial charge in [-0.3, -0.25) is 0 Å². The molecule has 82 valence electrons. The predicted octanol–water partition coefficient (Wildman–Crippen LogP) is 3.30.